The predicted molar refractivity (Wildman–Crippen MR) is 224 cm³/mol. The van der Waals surface area contributed by atoms with E-state index in [1.54, 1.807) is 6.08 Å². The molecule has 0 radical (unpaired) electrons. The average Bonchev–Trinajstić information content (AvgIpc) is 3.18. The maximum absolute atomic E-state index is 13.0. The normalized spacial score (nSPS) is 22.0. The van der Waals surface area contributed by atoms with E-state index in [9.17, 15) is 38.7 Å². The van der Waals surface area contributed by atoms with Crippen LogP contribution in [0.4, 0.5) is 0 Å². The van der Waals surface area contributed by atoms with Crippen LogP contribution in [0.25, 0.3) is 0 Å². The topological polar surface area (TPSA) is 212 Å². The SMILES string of the molecule is CCCC/C=C/CC/C=C/C(O)C(COC1OC(CO)C(O)C(OS(=O)(=O)O)C1O)NC(=O)C(O)CCCCCCCCCCCCCCCCCCCCCC. The molecule has 7 N–H and O–H groups in total. The van der Waals surface area contributed by atoms with Gasteiger partial charge in [0.25, 0.3) is 0 Å². The molecule has 1 saturated heterocycles. The van der Waals surface area contributed by atoms with Crippen LogP contribution in [0.15, 0.2) is 24.3 Å². The first-order chi connectivity index (χ1) is 27.4. The van der Waals surface area contributed by atoms with Gasteiger partial charge < -0.3 is 40.3 Å². The summed E-state index contributed by atoms with van der Waals surface area (Å²) in [6, 6.07) is -1.13. The lowest BCUT2D eigenvalue weighted by Gasteiger charge is -2.41. The van der Waals surface area contributed by atoms with Crippen molar-refractivity contribution in [2.24, 2.45) is 0 Å². The Morgan fingerprint density at radius 2 is 1.18 bits per heavy atom. The molecule has 1 fully saturated rings. The summed E-state index contributed by atoms with van der Waals surface area (Å²) in [5, 5.41) is 54.9. The lowest BCUT2D eigenvalue weighted by Crippen LogP contribution is -2.61. The van der Waals surface area contributed by atoms with Crippen LogP contribution in [0.1, 0.15) is 181 Å². The number of ether oxygens (including phenoxy) is 2. The predicted octanol–water partition coefficient (Wildman–Crippen LogP) is 7.13. The standard InChI is InChI=1S/C43H81NO12S/c1-3-5-7-9-11-13-14-15-16-17-18-19-20-21-22-23-24-26-28-30-32-37(47)42(50)44-35(36(46)31-29-27-25-12-10-8-6-4-2)34-54-43-40(49)41(56-57(51,52)53)39(48)38(33-45)55-43/h10,12,29,31,35-41,43,45-49H,3-9,11,13-28,30,32-34H2,1-2H3,(H,44,50)(H,51,52,53)/b12-10+,31-29+. The van der Waals surface area contributed by atoms with Gasteiger partial charge in [0, 0.05) is 0 Å². The minimum Gasteiger partial charge on any atom is -0.394 e. The molecular formula is C43H81NO12S. The van der Waals surface area contributed by atoms with Gasteiger partial charge in [-0.05, 0) is 25.7 Å². The molecule has 0 spiro atoms. The molecule has 1 aliphatic heterocycles. The Labute approximate surface area is 345 Å². The summed E-state index contributed by atoms with van der Waals surface area (Å²) in [5.41, 5.74) is 0. The van der Waals surface area contributed by atoms with Crippen molar-refractivity contribution in [2.75, 3.05) is 13.2 Å². The third kappa shape index (κ3) is 27.1. The number of unbranched alkanes of at least 4 members (excludes halogenated alkanes) is 22. The van der Waals surface area contributed by atoms with Gasteiger partial charge in [-0.3, -0.25) is 9.35 Å². The fourth-order valence-corrected chi connectivity index (χ4v) is 7.50. The van der Waals surface area contributed by atoms with Gasteiger partial charge in [0.05, 0.1) is 25.4 Å². The Morgan fingerprint density at radius 1 is 0.702 bits per heavy atom. The number of carbonyl (C=O) groups is 1. The van der Waals surface area contributed by atoms with Crippen LogP contribution in [-0.4, -0.2) is 107 Å². The average molecular weight is 836 g/mol. The van der Waals surface area contributed by atoms with Gasteiger partial charge in [-0.2, -0.15) is 8.42 Å². The van der Waals surface area contributed by atoms with E-state index < -0.39 is 78.5 Å². The number of allylic oxidation sites excluding steroid dienone is 3. The Hall–Kier alpha value is -1.46. The van der Waals surface area contributed by atoms with Crippen LogP contribution in [0.3, 0.4) is 0 Å². The van der Waals surface area contributed by atoms with Crippen molar-refractivity contribution in [1.82, 2.24) is 5.32 Å². The molecule has 0 aliphatic carbocycles. The fraction of sp³-hybridized carbons (Fsp3) is 0.884. The number of hydrogen-bond acceptors (Lipinski definition) is 11. The van der Waals surface area contributed by atoms with E-state index in [1.807, 2.05) is 0 Å². The minimum atomic E-state index is -5.11. The third-order valence-corrected chi connectivity index (χ3v) is 11.1. The summed E-state index contributed by atoms with van der Waals surface area (Å²) in [6.45, 7) is 3.11. The van der Waals surface area contributed by atoms with E-state index in [0.717, 1.165) is 44.9 Å². The Bertz CT molecular complexity index is 1140. The Kier molecular flexibility index (Phi) is 32.2. The first-order valence-corrected chi connectivity index (χ1v) is 23.7. The summed E-state index contributed by atoms with van der Waals surface area (Å²) in [4.78, 5) is 13.0. The number of aliphatic hydroxyl groups excluding tert-OH is 5. The van der Waals surface area contributed by atoms with E-state index >= 15 is 0 Å². The van der Waals surface area contributed by atoms with E-state index in [4.69, 9.17) is 14.0 Å². The highest BCUT2D eigenvalue weighted by atomic mass is 32.3. The van der Waals surface area contributed by atoms with E-state index in [-0.39, 0.29) is 6.42 Å². The number of hydrogen-bond donors (Lipinski definition) is 7. The van der Waals surface area contributed by atoms with Crippen molar-refractivity contribution in [3.05, 3.63) is 24.3 Å². The molecule has 1 amide bonds. The van der Waals surface area contributed by atoms with Crippen LogP contribution in [0, 0.1) is 0 Å². The third-order valence-electron chi connectivity index (χ3n) is 10.6. The van der Waals surface area contributed by atoms with Gasteiger partial charge in [0.15, 0.2) is 6.29 Å². The highest BCUT2D eigenvalue weighted by molar-refractivity contribution is 7.80. The van der Waals surface area contributed by atoms with Gasteiger partial charge in [-0.25, -0.2) is 4.18 Å². The van der Waals surface area contributed by atoms with E-state index in [1.165, 1.54) is 109 Å². The first-order valence-electron chi connectivity index (χ1n) is 22.3. The van der Waals surface area contributed by atoms with Crippen molar-refractivity contribution in [1.29, 1.82) is 0 Å². The zero-order valence-electron chi connectivity index (χ0n) is 35.3. The number of aliphatic hydroxyl groups is 5. The summed E-state index contributed by atoms with van der Waals surface area (Å²) >= 11 is 0. The summed E-state index contributed by atoms with van der Waals surface area (Å²) < 4.78 is 47.3. The van der Waals surface area contributed by atoms with Crippen LogP contribution >= 0.6 is 0 Å². The largest absolute Gasteiger partial charge is 0.397 e. The van der Waals surface area contributed by atoms with Crippen molar-refractivity contribution >= 4 is 16.3 Å². The molecule has 8 atom stereocenters. The molecule has 14 heteroatoms. The monoisotopic (exact) mass is 836 g/mol. The molecule has 13 nitrogen and oxygen atoms in total. The zero-order chi connectivity index (χ0) is 42.2. The highest BCUT2D eigenvalue weighted by Gasteiger charge is 2.48. The molecule has 0 bridgehead atoms. The molecular weight excluding hydrogens is 755 g/mol. The van der Waals surface area contributed by atoms with Gasteiger partial charge in [-0.1, -0.05) is 179 Å². The van der Waals surface area contributed by atoms with Crippen molar-refractivity contribution in [2.45, 2.75) is 230 Å². The second-order valence-electron chi connectivity index (χ2n) is 15.8. The lowest BCUT2D eigenvalue weighted by molar-refractivity contribution is -0.298. The summed E-state index contributed by atoms with van der Waals surface area (Å²) in [5.74, 6) is -0.714. The molecule has 1 rings (SSSR count). The smallest absolute Gasteiger partial charge is 0.394 e. The fourth-order valence-electron chi connectivity index (χ4n) is 6.99. The lowest BCUT2D eigenvalue weighted by atomic mass is 9.99. The molecule has 1 aliphatic rings. The second-order valence-corrected chi connectivity index (χ2v) is 16.8. The molecule has 1 heterocycles. The van der Waals surface area contributed by atoms with Crippen molar-refractivity contribution in [3.63, 3.8) is 0 Å². The molecule has 0 saturated carbocycles. The van der Waals surface area contributed by atoms with Gasteiger partial charge in [0.1, 0.15) is 30.5 Å². The summed E-state index contributed by atoms with van der Waals surface area (Å²) in [7, 11) is -5.11. The molecule has 0 aromatic rings. The van der Waals surface area contributed by atoms with Crippen molar-refractivity contribution in [3.8, 4) is 0 Å². The van der Waals surface area contributed by atoms with Crippen LogP contribution < -0.4 is 5.32 Å². The Balaban J connectivity index is 2.47. The molecule has 0 aromatic heterocycles. The molecule has 57 heavy (non-hydrogen) atoms. The number of carbonyl (C=O) groups excluding carboxylic acids is 1. The van der Waals surface area contributed by atoms with Crippen LogP contribution in [-0.2, 0) is 28.9 Å². The van der Waals surface area contributed by atoms with Gasteiger partial charge >= 0.3 is 10.4 Å². The quantitative estimate of drug-likeness (QED) is 0.0189. The Morgan fingerprint density at radius 3 is 1.67 bits per heavy atom. The van der Waals surface area contributed by atoms with Crippen LogP contribution in [0.2, 0.25) is 0 Å². The molecule has 0 aromatic carbocycles. The second kappa shape index (κ2) is 34.3. The summed E-state index contributed by atoms with van der Waals surface area (Å²) in [6.07, 6.45) is 25.9. The van der Waals surface area contributed by atoms with E-state index in [2.05, 4.69) is 35.5 Å². The maximum atomic E-state index is 13.0. The van der Waals surface area contributed by atoms with Crippen LogP contribution in [0.5, 0.6) is 0 Å². The highest BCUT2D eigenvalue weighted by Crippen LogP contribution is 2.26. The van der Waals surface area contributed by atoms with E-state index in [0.29, 0.717) is 12.8 Å². The van der Waals surface area contributed by atoms with Gasteiger partial charge in [-0.15, -0.1) is 0 Å². The minimum absolute atomic E-state index is 0.240. The van der Waals surface area contributed by atoms with Gasteiger partial charge in [0.2, 0.25) is 5.91 Å². The number of nitrogens with one attached hydrogen (secondary N) is 1. The van der Waals surface area contributed by atoms with Crippen molar-refractivity contribution < 1.29 is 57.0 Å². The number of rotatable bonds is 37. The zero-order valence-corrected chi connectivity index (χ0v) is 36.1. The maximum Gasteiger partial charge on any atom is 0.397 e. The molecule has 336 valence electrons. The first kappa shape index (κ1) is 53.6. The number of amides is 1. The molecule has 8 unspecified atom stereocenters.